The van der Waals surface area contributed by atoms with E-state index in [1.54, 1.807) is 30.6 Å². The molecule has 1 N–H and O–H groups in total. The van der Waals surface area contributed by atoms with E-state index in [2.05, 4.69) is 28.2 Å². The molecule has 1 fully saturated rings. The van der Waals surface area contributed by atoms with Crippen LogP contribution in [0.1, 0.15) is 44.8 Å². The van der Waals surface area contributed by atoms with Crippen molar-refractivity contribution >= 4 is 29.1 Å². The Labute approximate surface area is 199 Å². The fourth-order valence-electron chi connectivity index (χ4n) is 4.19. The molecule has 1 unspecified atom stereocenters. The van der Waals surface area contributed by atoms with Gasteiger partial charge in [-0.05, 0) is 49.2 Å². The van der Waals surface area contributed by atoms with E-state index in [9.17, 15) is 9.59 Å². The number of hydrogen-bond donors (Lipinski definition) is 1. The van der Waals surface area contributed by atoms with Crippen LogP contribution in [0.15, 0.2) is 67.0 Å². The number of halogens is 1. The summed E-state index contributed by atoms with van der Waals surface area (Å²) in [6, 6.07) is 16.9. The van der Waals surface area contributed by atoms with Crippen molar-refractivity contribution < 1.29 is 9.59 Å². The quantitative estimate of drug-likeness (QED) is 0.590. The van der Waals surface area contributed by atoms with Gasteiger partial charge in [0.15, 0.2) is 0 Å². The number of amides is 2. The highest BCUT2D eigenvalue weighted by Crippen LogP contribution is 2.29. The Morgan fingerprint density at radius 2 is 1.67 bits per heavy atom. The molecule has 170 valence electrons. The van der Waals surface area contributed by atoms with Gasteiger partial charge in [0, 0.05) is 55.2 Å². The molecule has 4 rings (SSSR count). The average molecular weight is 463 g/mol. The summed E-state index contributed by atoms with van der Waals surface area (Å²) in [6.07, 6.45) is 3.14. The van der Waals surface area contributed by atoms with Gasteiger partial charge in [0.2, 0.25) is 0 Å². The molecule has 1 aliphatic heterocycles. The monoisotopic (exact) mass is 462 g/mol. The van der Waals surface area contributed by atoms with E-state index in [0.717, 1.165) is 29.2 Å². The molecule has 6 nitrogen and oxygen atoms in total. The number of rotatable bonds is 5. The lowest BCUT2D eigenvalue weighted by molar-refractivity contribution is 0.0583. The van der Waals surface area contributed by atoms with Crippen LogP contribution < -0.4 is 5.32 Å². The molecule has 33 heavy (non-hydrogen) atoms. The molecule has 0 aliphatic carbocycles. The summed E-state index contributed by atoms with van der Waals surface area (Å²) >= 11 is 6.39. The Morgan fingerprint density at radius 1 is 0.970 bits per heavy atom. The number of pyridine rings is 1. The third kappa shape index (κ3) is 5.07. The standard InChI is InChI=1S/C26H27ClN4O2/c1-18-6-5-8-22(24(18)29-25(32)20-10-12-28-13-11-20)26(33)31-16-14-30(15-17-31)19(2)21-7-3-4-9-23(21)27/h3-13,19H,14-17H2,1-2H3,(H,29,32). The van der Waals surface area contributed by atoms with Crippen LogP contribution in [0.25, 0.3) is 0 Å². The molecule has 0 saturated carbocycles. The number of piperazine rings is 1. The minimum Gasteiger partial charge on any atom is -0.336 e. The van der Waals surface area contributed by atoms with Crippen molar-refractivity contribution in [2.24, 2.45) is 0 Å². The molecule has 1 aromatic heterocycles. The van der Waals surface area contributed by atoms with Gasteiger partial charge in [-0.15, -0.1) is 0 Å². The summed E-state index contributed by atoms with van der Waals surface area (Å²) in [5.41, 5.74) is 3.49. The van der Waals surface area contributed by atoms with Gasteiger partial charge in [-0.2, -0.15) is 0 Å². The highest BCUT2D eigenvalue weighted by Gasteiger charge is 2.28. The maximum atomic E-state index is 13.4. The second kappa shape index (κ2) is 10.1. The summed E-state index contributed by atoms with van der Waals surface area (Å²) < 4.78 is 0. The lowest BCUT2D eigenvalue weighted by Gasteiger charge is -2.38. The fraction of sp³-hybridized carbons (Fsp3) is 0.269. The molecule has 1 saturated heterocycles. The summed E-state index contributed by atoms with van der Waals surface area (Å²) in [4.78, 5) is 34.3. The summed E-state index contributed by atoms with van der Waals surface area (Å²) in [5.74, 6) is -0.340. The number of aryl methyl sites for hydroxylation is 1. The molecule has 1 atom stereocenters. The maximum absolute atomic E-state index is 13.4. The minimum absolute atomic E-state index is 0.0752. The predicted molar refractivity (Wildman–Crippen MR) is 131 cm³/mol. The van der Waals surface area contributed by atoms with Gasteiger partial charge in [0.25, 0.3) is 11.8 Å². The highest BCUT2D eigenvalue weighted by atomic mass is 35.5. The molecule has 7 heteroatoms. The fourth-order valence-corrected chi connectivity index (χ4v) is 4.49. The Kier molecular flexibility index (Phi) is 7.06. The van der Waals surface area contributed by atoms with E-state index in [1.165, 1.54) is 0 Å². The number of nitrogens with zero attached hydrogens (tertiary/aromatic N) is 3. The molecule has 0 spiro atoms. The van der Waals surface area contributed by atoms with Gasteiger partial charge >= 0.3 is 0 Å². The van der Waals surface area contributed by atoms with Crippen molar-refractivity contribution in [3.8, 4) is 0 Å². The van der Waals surface area contributed by atoms with Gasteiger partial charge < -0.3 is 10.2 Å². The van der Waals surface area contributed by atoms with Gasteiger partial charge in [-0.1, -0.05) is 41.9 Å². The van der Waals surface area contributed by atoms with Crippen molar-refractivity contribution in [1.29, 1.82) is 0 Å². The molecule has 1 aliphatic rings. The zero-order valence-corrected chi connectivity index (χ0v) is 19.5. The van der Waals surface area contributed by atoms with Gasteiger partial charge in [0.1, 0.15) is 0 Å². The SMILES string of the molecule is Cc1cccc(C(=O)N2CCN(C(C)c3ccccc3Cl)CC2)c1NC(=O)c1ccncc1. The van der Waals surface area contributed by atoms with Gasteiger partial charge in [-0.25, -0.2) is 0 Å². The number of nitrogens with one attached hydrogen (secondary N) is 1. The number of benzene rings is 2. The predicted octanol–water partition coefficient (Wildman–Crippen LogP) is 4.81. The molecular weight excluding hydrogens is 436 g/mol. The second-order valence-corrected chi connectivity index (χ2v) is 8.62. The summed E-state index contributed by atoms with van der Waals surface area (Å²) in [6.45, 7) is 6.76. The van der Waals surface area contributed by atoms with E-state index in [4.69, 9.17) is 11.6 Å². The topological polar surface area (TPSA) is 65.5 Å². The number of hydrogen-bond acceptors (Lipinski definition) is 4. The molecule has 2 aromatic carbocycles. The van der Waals surface area contributed by atoms with Gasteiger partial charge in [-0.3, -0.25) is 19.5 Å². The van der Waals surface area contributed by atoms with Crippen LogP contribution in [0.5, 0.6) is 0 Å². The lowest BCUT2D eigenvalue weighted by Crippen LogP contribution is -2.49. The Balaban J connectivity index is 1.46. The van der Waals surface area contributed by atoms with Crippen LogP contribution in [0, 0.1) is 6.92 Å². The van der Waals surface area contributed by atoms with Crippen molar-refractivity contribution in [1.82, 2.24) is 14.8 Å². The number of anilines is 1. The third-order valence-corrected chi connectivity index (χ3v) is 6.53. The highest BCUT2D eigenvalue weighted by molar-refractivity contribution is 6.31. The van der Waals surface area contributed by atoms with Crippen LogP contribution >= 0.6 is 11.6 Å². The number of carbonyl (C=O) groups is 2. The first-order valence-corrected chi connectivity index (χ1v) is 11.4. The maximum Gasteiger partial charge on any atom is 0.256 e. The second-order valence-electron chi connectivity index (χ2n) is 8.21. The third-order valence-electron chi connectivity index (χ3n) is 6.19. The van der Waals surface area contributed by atoms with E-state index < -0.39 is 0 Å². The number of carbonyl (C=O) groups excluding carboxylic acids is 2. The van der Waals surface area contributed by atoms with Gasteiger partial charge in [0.05, 0.1) is 11.3 Å². The van der Waals surface area contributed by atoms with E-state index in [-0.39, 0.29) is 17.9 Å². The normalized spacial score (nSPS) is 15.2. The van der Waals surface area contributed by atoms with Crippen LogP contribution in [-0.2, 0) is 0 Å². The Hall–Kier alpha value is -3.22. The molecule has 0 radical (unpaired) electrons. The number of para-hydroxylation sites is 1. The van der Waals surface area contributed by atoms with Crippen molar-refractivity contribution in [3.05, 3.63) is 94.3 Å². The summed E-state index contributed by atoms with van der Waals surface area (Å²) in [5, 5.41) is 3.69. The van der Waals surface area contributed by atoms with Crippen molar-refractivity contribution in [2.45, 2.75) is 19.9 Å². The smallest absolute Gasteiger partial charge is 0.256 e. The molecular formula is C26H27ClN4O2. The zero-order chi connectivity index (χ0) is 23.4. The first-order valence-electron chi connectivity index (χ1n) is 11.0. The largest absolute Gasteiger partial charge is 0.336 e. The summed E-state index contributed by atoms with van der Waals surface area (Å²) in [7, 11) is 0. The molecule has 0 bridgehead atoms. The van der Waals surface area contributed by atoms with Crippen LogP contribution in [0.2, 0.25) is 5.02 Å². The van der Waals surface area contributed by atoms with Crippen molar-refractivity contribution in [2.75, 3.05) is 31.5 Å². The van der Waals surface area contributed by atoms with Crippen molar-refractivity contribution in [3.63, 3.8) is 0 Å². The van der Waals surface area contributed by atoms with Crippen LogP contribution in [-0.4, -0.2) is 52.8 Å². The van der Waals surface area contributed by atoms with Crippen LogP contribution in [0.3, 0.4) is 0 Å². The molecule has 2 heterocycles. The van der Waals surface area contributed by atoms with E-state index in [1.807, 2.05) is 42.2 Å². The van der Waals surface area contributed by atoms with E-state index >= 15 is 0 Å². The first kappa shape index (κ1) is 23.0. The van der Waals surface area contributed by atoms with Crippen LogP contribution in [0.4, 0.5) is 5.69 Å². The average Bonchev–Trinajstić information content (AvgIpc) is 2.85. The molecule has 3 aromatic rings. The Morgan fingerprint density at radius 3 is 2.36 bits per heavy atom. The Bertz CT molecular complexity index is 1140. The first-order chi connectivity index (χ1) is 16.0. The number of aromatic nitrogens is 1. The minimum atomic E-state index is -0.265. The molecule has 2 amide bonds. The van der Waals surface area contributed by atoms with E-state index in [0.29, 0.717) is 29.9 Å². The zero-order valence-electron chi connectivity index (χ0n) is 18.8. The lowest BCUT2D eigenvalue weighted by atomic mass is 10.0.